The number of allylic oxidation sites excluding steroid dienone is 10. The van der Waals surface area contributed by atoms with Crippen molar-refractivity contribution in [2.45, 2.75) is 316 Å². The maximum atomic E-state index is 12.9. The van der Waals surface area contributed by atoms with Crippen molar-refractivity contribution >= 4 is 17.9 Å². The lowest BCUT2D eigenvalue weighted by Crippen LogP contribution is -2.30. The topological polar surface area (TPSA) is 78.9 Å². The van der Waals surface area contributed by atoms with Crippen LogP contribution in [0.5, 0.6) is 0 Å². The van der Waals surface area contributed by atoms with Crippen molar-refractivity contribution in [3.63, 3.8) is 0 Å². The summed E-state index contributed by atoms with van der Waals surface area (Å²) in [6.07, 6.45) is 73.7. The van der Waals surface area contributed by atoms with Crippen LogP contribution in [0.3, 0.4) is 0 Å². The fourth-order valence-electron chi connectivity index (χ4n) is 8.77. The third-order valence-corrected chi connectivity index (χ3v) is 13.3. The van der Waals surface area contributed by atoms with Crippen LogP contribution in [-0.4, -0.2) is 37.2 Å². The van der Waals surface area contributed by atoms with Gasteiger partial charge in [-0.3, -0.25) is 14.4 Å². The van der Waals surface area contributed by atoms with Gasteiger partial charge in [-0.05, 0) is 64.2 Å². The number of esters is 3. The van der Waals surface area contributed by atoms with E-state index in [4.69, 9.17) is 14.2 Å². The fraction of sp³-hybridized carbons (Fsp3) is 0.797. The molecule has 0 aromatic heterocycles. The first-order valence-corrected chi connectivity index (χ1v) is 30.3. The van der Waals surface area contributed by atoms with Gasteiger partial charge >= 0.3 is 17.9 Å². The van der Waals surface area contributed by atoms with Crippen molar-refractivity contribution in [1.82, 2.24) is 0 Å². The highest BCUT2D eigenvalue weighted by Gasteiger charge is 2.19. The minimum atomic E-state index is -0.781. The monoisotopic (exact) mass is 979 g/mol. The standard InChI is InChI=1S/C64H114O6/c1-4-7-10-13-16-19-21-23-25-27-29-31-33-34-36-38-40-42-45-48-51-54-57-63(66)69-60-61(59-68-62(65)56-53-50-47-44-18-15-12-9-6-3)70-64(67)58-55-52-49-46-43-41-39-37-35-32-30-28-26-24-22-20-17-14-11-8-5-2/h8,11,17,20,24,26,30,32,37,39,61H,4-7,9-10,12-16,18-19,21-23,25,27-29,31,33-36,38,40-60H2,1-3H3/b11-8-,20-17-,26-24-,32-30-,39-37-. The summed E-state index contributed by atoms with van der Waals surface area (Å²) in [4.78, 5) is 38.1. The average Bonchev–Trinajstić information content (AvgIpc) is 3.36. The first-order valence-electron chi connectivity index (χ1n) is 30.3. The number of unbranched alkanes of at least 4 members (excludes halogenated alkanes) is 34. The Morgan fingerprint density at radius 3 is 0.871 bits per heavy atom. The quantitative estimate of drug-likeness (QED) is 0.0261. The van der Waals surface area contributed by atoms with Crippen molar-refractivity contribution in [2.75, 3.05) is 13.2 Å². The lowest BCUT2D eigenvalue weighted by atomic mass is 10.0. The fourth-order valence-corrected chi connectivity index (χ4v) is 8.77. The number of ether oxygens (including phenoxy) is 3. The molecule has 406 valence electrons. The summed E-state index contributed by atoms with van der Waals surface area (Å²) in [5, 5.41) is 0. The number of rotatable bonds is 55. The Bertz CT molecular complexity index is 1260. The molecular formula is C64H114O6. The van der Waals surface area contributed by atoms with Gasteiger partial charge in [0, 0.05) is 19.3 Å². The zero-order valence-corrected chi connectivity index (χ0v) is 46.5. The van der Waals surface area contributed by atoms with Gasteiger partial charge in [-0.2, -0.15) is 0 Å². The van der Waals surface area contributed by atoms with Crippen LogP contribution in [0.25, 0.3) is 0 Å². The summed E-state index contributed by atoms with van der Waals surface area (Å²) >= 11 is 0. The molecule has 0 aliphatic carbocycles. The zero-order chi connectivity index (χ0) is 50.7. The summed E-state index contributed by atoms with van der Waals surface area (Å²) in [7, 11) is 0. The van der Waals surface area contributed by atoms with E-state index < -0.39 is 6.10 Å². The first kappa shape index (κ1) is 67.1. The molecule has 70 heavy (non-hydrogen) atoms. The zero-order valence-electron chi connectivity index (χ0n) is 46.5. The van der Waals surface area contributed by atoms with E-state index >= 15 is 0 Å². The van der Waals surface area contributed by atoms with Crippen molar-refractivity contribution in [3.8, 4) is 0 Å². The molecule has 6 nitrogen and oxygen atoms in total. The van der Waals surface area contributed by atoms with E-state index in [0.29, 0.717) is 19.3 Å². The summed E-state index contributed by atoms with van der Waals surface area (Å²) in [5.74, 6) is -0.885. The molecule has 1 unspecified atom stereocenters. The normalized spacial score (nSPS) is 12.4. The van der Waals surface area contributed by atoms with Gasteiger partial charge in [-0.25, -0.2) is 0 Å². The molecule has 0 aromatic carbocycles. The lowest BCUT2D eigenvalue weighted by Gasteiger charge is -2.18. The van der Waals surface area contributed by atoms with Gasteiger partial charge in [-0.15, -0.1) is 0 Å². The Balaban J connectivity index is 4.25. The van der Waals surface area contributed by atoms with E-state index in [-0.39, 0.29) is 31.1 Å². The first-order chi connectivity index (χ1) is 34.5. The molecule has 0 aromatic rings. The Kier molecular flexibility index (Phi) is 56.3. The SMILES string of the molecule is CC/C=C\C/C=C\C/C=C\C/C=C\C/C=C\CCCCCCCC(=O)OC(COC(=O)CCCCCCCCCCC)COC(=O)CCCCCCCCCCCCCCCCCCCCCCCC. The Labute approximate surface area is 434 Å². The molecule has 0 amide bonds. The van der Waals surface area contributed by atoms with Gasteiger partial charge in [0.15, 0.2) is 6.10 Å². The minimum absolute atomic E-state index is 0.0784. The Hall–Kier alpha value is -2.89. The van der Waals surface area contributed by atoms with Gasteiger partial charge in [0.25, 0.3) is 0 Å². The minimum Gasteiger partial charge on any atom is -0.462 e. The molecule has 0 radical (unpaired) electrons. The highest BCUT2D eigenvalue weighted by atomic mass is 16.6. The number of hydrogen-bond donors (Lipinski definition) is 0. The van der Waals surface area contributed by atoms with Crippen LogP contribution >= 0.6 is 0 Å². The van der Waals surface area contributed by atoms with Crippen molar-refractivity contribution in [1.29, 1.82) is 0 Å². The van der Waals surface area contributed by atoms with Crippen LogP contribution in [0.4, 0.5) is 0 Å². The van der Waals surface area contributed by atoms with Crippen molar-refractivity contribution in [3.05, 3.63) is 60.8 Å². The van der Waals surface area contributed by atoms with Crippen LogP contribution in [0, 0.1) is 0 Å². The molecule has 0 heterocycles. The molecular weight excluding hydrogens is 865 g/mol. The number of carbonyl (C=O) groups excluding carboxylic acids is 3. The summed E-state index contributed by atoms with van der Waals surface area (Å²) < 4.78 is 16.8. The second-order valence-corrected chi connectivity index (χ2v) is 20.2. The highest BCUT2D eigenvalue weighted by molar-refractivity contribution is 5.71. The summed E-state index contributed by atoms with van der Waals surface area (Å²) in [6, 6.07) is 0. The summed E-state index contributed by atoms with van der Waals surface area (Å²) in [6.45, 7) is 6.53. The molecule has 0 N–H and O–H groups in total. The van der Waals surface area contributed by atoms with Gasteiger partial charge in [0.2, 0.25) is 0 Å². The van der Waals surface area contributed by atoms with Crippen LogP contribution in [-0.2, 0) is 28.6 Å². The number of hydrogen-bond acceptors (Lipinski definition) is 6. The Morgan fingerprint density at radius 2 is 0.557 bits per heavy atom. The van der Waals surface area contributed by atoms with Crippen LogP contribution in [0.1, 0.15) is 310 Å². The smallest absolute Gasteiger partial charge is 0.306 e. The molecule has 0 rings (SSSR count). The third kappa shape index (κ3) is 56.0. The van der Waals surface area contributed by atoms with E-state index in [1.807, 2.05) is 0 Å². The third-order valence-electron chi connectivity index (χ3n) is 13.3. The highest BCUT2D eigenvalue weighted by Crippen LogP contribution is 2.17. The second kappa shape index (κ2) is 58.7. The predicted molar refractivity (Wildman–Crippen MR) is 302 cm³/mol. The molecule has 1 atom stereocenters. The van der Waals surface area contributed by atoms with E-state index in [1.165, 1.54) is 161 Å². The second-order valence-electron chi connectivity index (χ2n) is 20.2. The van der Waals surface area contributed by atoms with E-state index in [0.717, 1.165) is 109 Å². The van der Waals surface area contributed by atoms with E-state index in [2.05, 4.69) is 81.5 Å². The molecule has 6 heteroatoms. The van der Waals surface area contributed by atoms with Crippen molar-refractivity contribution in [2.24, 2.45) is 0 Å². The maximum Gasteiger partial charge on any atom is 0.306 e. The van der Waals surface area contributed by atoms with Gasteiger partial charge < -0.3 is 14.2 Å². The van der Waals surface area contributed by atoms with Gasteiger partial charge in [0.05, 0.1) is 0 Å². The number of carbonyl (C=O) groups is 3. The molecule has 0 saturated heterocycles. The Morgan fingerprint density at radius 1 is 0.300 bits per heavy atom. The molecule has 0 fully saturated rings. The maximum absolute atomic E-state index is 12.9. The lowest BCUT2D eigenvalue weighted by molar-refractivity contribution is -0.167. The average molecular weight is 980 g/mol. The molecule has 0 aliphatic rings. The predicted octanol–water partition coefficient (Wildman–Crippen LogP) is 20.4. The summed E-state index contributed by atoms with van der Waals surface area (Å²) in [5.41, 5.74) is 0. The molecule has 0 saturated carbocycles. The van der Waals surface area contributed by atoms with Crippen molar-refractivity contribution < 1.29 is 28.6 Å². The molecule has 0 bridgehead atoms. The van der Waals surface area contributed by atoms with Crippen LogP contribution < -0.4 is 0 Å². The van der Waals surface area contributed by atoms with Gasteiger partial charge in [-0.1, -0.05) is 287 Å². The van der Waals surface area contributed by atoms with Crippen LogP contribution in [0.15, 0.2) is 60.8 Å². The van der Waals surface area contributed by atoms with Gasteiger partial charge in [0.1, 0.15) is 13.2 Å². The van der Waals surface area contributed by atoms with Crippen LogP contribution in [0.2, 0.25) is 0 Å². The van der Waals surface area contributed by atoms with E-state index in [1.54, 1.807) is 0 Å². The molecule has 0 aliphatic heterocycles. The largest absolute Gasteiger partial charge is 0.462 e. The van der Waals surface area contributed by atoms with E-state index in [9.17, 15) is 14.4 Å². The molecule has 0 spiro atoms.